The summed E-state index contributed by atoms with van der Waals surface area (Å²) in [5.74, 6) is -1.84. The Morgan fingerprint density at radius 1 is 0.886 bits per heavy atom. The average molecular weight is 470 g/mol. The molecule has 0 bridgehead atoms. The van der Waals surface area contributed by atoms with Crippen LogP contribution in [-0.4, -0.2) is 42.4 Å². The van der Waals surface area contributed by atoms with Crippen LogP contribution in [0.4, 0.5) is 0 Å². The van der Waals surface area contributed by atoms with Crippen molar-refractivity contribution in [3.05, 3.63) is 119 Å². The molecule has 3 aromatic carbocycles. The molecule has 6 heteroatoms. The largest absolute Gasteiger partial charge is 0.467 e. The summed E-state index contributed by atoms with van der Waals surface area (Å²) in [5.41, 5.74) is 3.18. The first-order valence-corrected chi connectivity index (χ1v) is 11.4. The van der Waals surface area contributed by atoms with Crippen LogP contribution < -0.4 is 0 Å². The number of ether oxygens (including phenoxy) is 2. The molecule has 0 spiro atoms. The van der Waals surface area contributed by atoms with Gasteiger partial charge in [0, 0.05) is 19.0 Å². The fourth-order valence-electron chi connectivity index (χ4n) is 4.31. The summed E-state index contributed by atoms with van der Waals surface area (Å²) in [5, 5.41) is 0. The first kappa shape index (κ1) is 24.0. The molecule has 4 rings (SSSR count). The third-order valence-corrected chi connectivity index (χ3v) is 6.02. The van der Waals surface area contributed by atoms with E-state index in [9.17, 15) is 14.4 Å². The van der Waals surface area contributed by atoms with Crippen LogP contribution in [0.2, 0.25) is 0 Å². The van der Waals surface area contributed by atoms with Gasteiger partial charge in [-0.3, -0.25) is 4.79 Å². The maximum Gasteiger partial charge on any atom is 0.331 e. The molecule has 1 saturated heterocycles. The lowest BCUT2D eigenvalue weighted by atomic mass is 9.90. The molecule has 1 aliphatic rings. The number of rotatable bonds is 7. The minimum atomic E-state index is -0.810. The second-order valence-electron chi connectivity index (χ2n) is 8.36. The summed E-state index contributed by atoms with van der Waals surface area (Å²) >= 11 is 0. The number of likely N-dealkylation sites (tertiary alicyclic amines) is 1. The van der Waals surface area contributed by atoms with E-state index in [1.54, 1.807) is 0 Å². The van der Waals surface area contributed by atoms with Gasteiger partial charge in [-0.25, -0.2) is 9.59 Å². The zero-order chi connectivity index (χ0) is 24.6. The van der Waals surface area contributed by atoms with Crippen molar-refractivity contribution in [1.29, 1.82) is 0 Å². The van der Waals surface area contributed by atoms with Gasteiger partial charge in [0.25, 0.3) is 0 Å². The van der Waals surface area contributed by atoms with Gasteiger partial charge in [0.2, 0.25) is 5.91 Å². The van der Waals surface area contributed by atoms with Crippen molar-refractivity contribution in [2.24, 2.45) is 0 Å². The van der Waals surface area contributed by atoms with E-state index in [2.05, 4.69) is 0 Å². The second kappa shape index (κ2) is 11.3. The highest BCUT2D eigenvalue weighted by molar-refractivity contribution is 5.93. The van der Waals surface area contributed by atoms with Crippen LogP contribution in [0.3, 0.4) is 0 Å². The molecule has 178 valence electrons. The van der Waals surface area contributed by atoms with Gasteiger partial charge in [-0.1, -0.05) is 91.0 Å². The van der Waals surface area contributed by atoms with E-state index in [4.69, 9.17) is 9.47 Å². The Morgan fingerprint density at radius 3 is 1.97 bits per heavy atom. The molecular weight excluding hydrogens is 442 g/mol. The summed E-state index contributed by atoms with van der Waals surface area (Å²) in [4.78, 5) is 40.5. The molecular formula is C29H27NO5. The molecule has 3 aromatic rings. The number of methoxy groups -OCH3 is 1. The van der Waals surface area contributed by atoms with Crippen LogP contribution in [0.5, 0.6) is 0 Å². The van der Waals surface area contributed by atoms with E-state index in [-0.39, 0.29) is 25.5 Å². The summed E-state index contributed by atoms with van der Waals surface area (Å²) in [6.45, 7) is 0.297. The topological polar surface area (TPSA) is 72.9 Å². The zero-order valence-corrected chi connectivity index (χ0v) is 19.5. The maximum absolute atomic E-state index is 13.9. The zero-order valence-electron chi connectivity index (χ0n) is 19.5. The third kappa shape index (κ3) is 5.84. The smallest absolute Gasteiger partial charge is 0.331 e. The van der Waals surface area contributed by atoms with Crippen LogP contribution in [0.1, 0.15) is 29.0 Å². The Morgan fingerprint density at radius 2 is 1.43 bits per heavy atom. The van der Waals surface area contributed by atoms with Crippen molar-refractivity contribution in [3.8, 4) is 0 Å². The number of amides is 1. The summed E-state index contributed by atoms with van der Waals surface area (Å²) in [6.07, 6.45) is 1.60. The molecule has 1 amide bonds. The van der Waals surface area contributed by atoms with Crippen molar-refractivity contribution < 1.29 is 23.9 Å². The fraction of sp³-hybridized carbons (Fsp3) is 0.207. The average Bonchev–Trinajstić information content (AvgIpc) is 3.32. The van der Waals surface area contributed by atoms with Gasteiger partial charge in [-0.05, 0) is 22.3 Å². The Hall–Kier alpha value is -4.19. The number of nitrogens with zero attached hydrogens (tertiary/aromatic N) is 1. The highest BCUT2D eigenvalue weighted by atomic mass is 16.5. The van der Waals surface area contributed by atoms with E-state index in [0.717, 1.165) is 16.7 Å². The number of hydrogen-bond donors (Lipinski definition) is 0. The Bertz CT molecular complexity index is 1150. The molecule has 1 aliphatic heterocycles. The minimum Gasteiger partial charge on any atom is -0.467 e. The third-order valence-electron chi connectivity index (χ3n) is 6.02. The van der Waals surface area contributed by atoms with Crippen molar-refractivity contribution in [2.75, 3.05) is 13.7 Å². The molecule has 0 saturated carbocycles. The fourth-order valence-corrected chi connectivity index (χ4v) is 4.31. The Balaban J connectivity index is 1.57. The molecule has 35 heavy (non-hydrogen) atoms. The molecule has 0 radical (unpaired) electrons. The van der Waals surface area contributed by atoms with Gasteiger partial charge in [0.15, 0.2) is 0 Å². The van der Waals surface area contributed by atoms with Crippen LogP contribution in [-0.2, 0) is 30.5 Å². The lowest BCUT2D eigenvalue weighted by Gasteiger charge is -2.27. The molecule has 1 fully saturated rings. The maximum atomic E-state index is 13.9. The van der Waals surface area contributed by atoms with Crippen molar-refractivity contribution in [1.82, 2.24) is 4.90 Å². The monoisotopic (exact) mass is 469 g/mol. The quantitative estimate of drug-likeness (QED) is 0.382. The van der Waals surface area contributed by atoms with E-state index in [0.29, 0.717) is 5.57 Å². The van der Waals surface area contributed by atoms with Crippen molar-refractivity contribution >= 4 is 17.8 Å². The predicted molar refractivity (Wildman–Crippen MR) is 131 cm³/mol. The number of carbonyl (C=O) groups excluding carboxylic acids is 3. The standard InChI is InChI=1S/C29H27NO5/c1-34-29(33)25-17-22(18-26(31)35-20-21-11-5-2-6-12-21)19-30(25)28(32)27(23-13-7-3-8-14-23)24-15-9-4-10-16-24/h2-16,18,25,27H,17,19-20H2,1H3/b22-18+/t25-/m0/s1. The normalized spacial score (nSPS) is 16.3. The summed E-state index contributed by atoms with van der Waals surface area (Å²) < 4.78 is 10.3. The number of hydrogen-bond acceptors (Lipinski definition) is 5. The van der Waals surface area contributed by atoms with E-state index in [1.807, 2.05) is 91.0 Å². The van der Waals surface area contributed by atoms with Crippen LogP contribution in [0.15, 0.2) is 103 Å². The van der Waals surface area contributed by atoms with Gasteiger partial charge in [0.1, 0.15) is 12.6 Å². The Kier molecular flexibility index (Phi) is 7.73. The van der Waals surface area contributed by atoms with Gasteiger partial charge in [0.05, 0.1) is 13.0 Å². The van der Waals surface area contributed by atoms with Crippen LogP contribution in [0.25, 0.3) is 0 Å². The second-order valence-corrected chi connectivity index (χ2v) is 8.36. The molecule has 0 unspecified atom stereocenters. The first-order chi connectivity index (χ1) is 17.1. The summed E-state index contributed by atoms with van der Waals surface area (Å²) in [7, 11) is 1.30. The van der Waals surface area contributed by atoms with Gasteiger partial charge >= 0.3 is 11.9 Å². The minimum absolute atomic E-state index is 0.148. The van der Waals surface area contributed by atoms with Gasteiger partial charge in [-0.2, -0.15) is 0 Å². The van der Waals surface area contributed by atoms with Crippen LogP contribution in [0, 0.1) is 0 Å². The van der Waals surface area contributed by atoms with Crippen molar-refractivity contribution in [3.63, 3.8) is 0 Å². The molecule has 0 N–H and O–H groups in total. The molecule has 6 nitrogen and oxygen atoms in total. The van der Waals surface area contributed by atoms with E-state index >= 15 is 0 Å². The SMILES string of the molecule is COC(=O)[C@@H]1C/C(=C\C(=O)OCc2ccccc2)CN1C(=O)C(c1ccccc1)c1ccccc1. The lowest BCUT2D eigenvalue weighted by Crippen LogP contribution is -2.43. The molecule has 1 heterocycles. The van der Waals surface area contributed by atoms with E-state index < -0.39 is 23.9 Å². The van der Waals surface area contributed by atoms with Crippen molar-refractivity contribution in [2.45, 2.75) is 25.0 Å². The van der Waals surface area contributed by atoms with E-state index in [1.165, 1.54) is 18.1 Å². The number of benzene rings is 3. The number of carbonyl (C=O) groups is 3. The number of esters is 2. The van der Waals surface area contributed by atoms with Crippen LogP contribution >= 0.6 is 0 Å². The highest BCUT2D eigenvalue weighted by Gasteiger charge is 2.41. The summed E-state index contributed by atoms with van der Waals surface area (Å²) in [6, 6.07) is 27.5. The molecule has 0 aromatic heterocycles. The highest BCUT2D eigenvalue weighted by Crippen LogP contribution is 2.32. The molecule has 1 atom stereocenters. The Labute approximate surface area is 204 Å². The molecule has 0 aliphatic carbocycles. The van der Waals surface area contributed by atoms with Gasteiger partial charge < -0.3 is 14.4 Å². The first-order valence-electron chi connectivity index (χ1n) is 11.4. The predicted octanol–water partition coefficient (Wildman–Crippen LogP) is 4.26. The van der Waals surface area contributed by atoms with Gasteiger partial charge in [-0.15, -0.1) is 0 Å². The lowest BCUT2D eigenvalue weighted by molar-refractivity contribution is -0.151.